The average Bonchev–Trinajstić information content (AvgIpc) is 3.24. The molecule has 2 aliphatic rings. The number of halogens is 1. The minimum Gasteiger partial charge on any atom is -0.495 e. The molecular weight excluding hydrogens is 398 g/mol. The van der Waals surface area contributed by atoms with Crippen molar-refractivity contribution in [3.63, 3.8) is 0 Å². The van der Waals surface area contributed by atoms with E-state index in [2.05, 4.69) is 0 Å². The highest BCUT2D eigenvalue weighted by Crippen LogP contribution is 2.39. The van der Waals surface area contributed by atoms with E-state index in [1.807, 2.05) is 0 Å². The Kier molecular flexibility index (Phi) is 6.82. The van der Waals surface area contributed by atoms with E-state index in [-0.39, 0.29) is 6.10 Å². The molecule has 2 aliphatic heterocycles. The average molecular weight is 422 g/mol. The molecule has 0 radical (unpaired) electrons. The van der Waals surface area contributed by atoms with E-state index in [0.717, 1.165) is 12.8 Å². The van der Waals surface area contributed by atoms with Gasteiger partial charge in [-0.25, -0.2) is 9.59 Å². The molecule has 1 fully saturated rings. The lowest BCUT2D eigenvalue weighted by Gasteiger charge is -2.31. The van der Waals surface area contributed by atoms with Crippen molar-refractivity contribution in [3.05, 3.63) is 52.3 Å². The molecular formula is C21H24ClNO6. The smallest absolute Gasteiger partial charge is 0.336 e. The fourth-order valence-corrected chi connectivity index (χ4v) is 3.90. The van der Waals surface area contributed by atoms with Crippen LogP contribution < -0.4 is 4.74 Å². The molecule has 7 nitrogen and oxygen atoms in total. The van der Waals surface area contributed by atoms with Gasteiger partial charge in [-0.1, -0.05) is 17.7 Å². The molecule has 0 N–H and O–H groups in total. The normalized spacial score (nSPS) is 19.4. The van der Waals surface area contributed by atoms with Crippen molar-refractivity contribution in [2.75, 3.05) is 34.5 Å². The lowest BCUT2D eigenvalue weighted by Crippen LogP contribution is -2.32. The van der Waals surface area contributed by atoms with E-state index in [4.69, 9.17) is 30.5 Å². The first kappa shape index (κ1) is 21.2. The van der Waals surface area contributed by atoms with Gasteiger partial charge in [0.05, 0.1) is 49.5 Å². The van der Waals surface area contributed by atoms with Crippen LogP contribution in [0.25, 0.3) is 0 Å². The number of ether oxygens (including phenoxy) is 4. The van der Waals surface area contributed by atoms with Gasteiger partial charge in [0, 0.05) is 25.6 Å². The van der Waals surface area contributed by atoms with Gasteiger partial charge < -0.3 is 23.8 Å². The Hall–Kier alpha value is -2.51. The lowest BCUT2D eigenvalue weighted by molar-refractivity contribution is -0.137. The van der Waals surface area contributed by atoms with Crippen LogP contribution in [0, 0.1) is 0 Å². The van der Waals surface area contributed by atoms with E-state index in [0.29, 0.717) is 40.6 Å². The maximum absolute atomic E-state index is 12.6. The van der Waals surface area contributed by atoms with Crippen LogP contribution in [-0.2, 0) is 23.8 Å². The van der Waals surface area contributed by atoms with Crippen LogP contribution >= 0.6 is 11.6 Å². The van der Waals surface area contributed by atoms with Gasteiger partial charge >= 0.3 is 11.9 Å². The van der Waals surface area contributed by atoms with Crippen molar-refractivity contribution in [2.45, 2.75) is 24.9 Å². The number of esters is 2. The van der Waals surface area contributed by atoms with Gasteiger partial charge in [-0.15, -0.1) is 0 Å². The summed E-state index contributed by atoms with van der Waals surface area (Å²) in [5.74, 6) is -1.25. The monoisotopic (exact) mass is 421 g/mol. The summed E-state index contributed by atoms with van der Waals surface area (Å²) >= 11 is 6.29. The Morgan fingerprint density at radius 3 is 2.28 bits per heavy atom. The Morgan fingerprint density at radius 2 is 1.79 bits per heavy atom. The molecule has 1 aromatic rings. The molecule has 29 heavy (non-hydrogen) atoms. The number of hydrogen-bond donors (Lipinski definition) is 0. The molecule has 3 rings (SSSR count). The quantitative estimate of drug-likeness (QED) is 0.653. The molecule has 1 aromatic carbocycles. The zero-order valence-corrected chi connectivity index (χ0v) is 17.4. The second kappa shape index (κ2) is 9.33. The van der Waals surface area contributed by atoms with Crippen LogP contribution in [0.2, 0.25) is 5.02 Å². The molecule has 0 aromatic heterocycles. The lowest BCUT2D eigenvalue weighted by atomic mass is 9.83. The Balaban J connectivity index is 2.04. The number of nitrogens with zero attached hydrogens (tertiary/aromatic N) is 1. The van der Waals surface area contributed by atoms with E-state index in [1.165, 1.54) is 21.3 Å². The Morgan fingerprint density at radius 1 is 1.14 bits per heavy atom. The number of hydrogen-bond acceptors (Lipinski definition) is 7. The highest BCUT2D eigenvalue weighted by Gasteiger charge is 2.36. The topological polar surface area (TPSA) is 74.3 Å². The van der Waals surface area contributed by atoms with Gasteiger partial charge in [-0.05, 0) is 30.5 Å². The first-order chi connectivity index (χ1) is 14.0. The number of benzene rings is 1. The molecule has 0 aliphatic carbocycles. The Labute approximate surface area is 174 Å². The van der Waals surface area contributed by atoms with Crippen molar-refractivity contribution in [1.29, 1.82) is 0 Å². The fraction of sp³-hybridized carbons (Fsp3) is 0.429. The summed E-state index contributed by atoms with van der Waals surface area (Å²) in [5, 5.41) is 0.375. The first-order valence-electron chi connectivity index (χ1n) is 9.29. The van der Waals surface area contributed by atoms with Gasteiger partial charge in [-0.2, -0.15) is 0 Å². The van der Waals surface area contributed by atoms with E-state index < -0.39 is 17.9 Å². The standard InChI is InChI=1S/C21H24ClNO6/c1-26-18-7-6-13(9-17(18)22)19-15(20(24)27-2)11-23(10-14-5-4-8-29-14)12-16(19)21(25)28-3/h6-7,9,11-12,14,19H,4-5,8,10H2,1-3H3/t14-/m0/s1. The molecule has 2 heterocycles. The second-order valence-corrected chi connectivity index (χ2v) is 7.22. The maximum atomic E-state index is 12.6. The summed E-state index contributed by atoms with van der Waals surface area (Å²) in [4.78, 5) is 27.0. The third-order valence-electron chi connectivity index (χ3n) is 5.02. The third kappa shape index (κ3) is 4.57. The molecule has 156 valence electrons. The van der Waals surface area contributed by atoms with Crippen LogP contribution in [0.1, 0.15) is 24.3 Å². The maximum Gasteiger partial charge on any atom is 0.336 e. The molecule has 0 saturated carbocycles. The first-order valence-corrected chi connectivity index (χ1v) is 9.67. The van der Waals surface area contributed by atoms with E-state index in [9.17, 15) is 9.59 Å². The van der Waals surface area contributed by atoms with Crippen LogP contribution in [0.15, 0.2) is 41.7 Å². The van der Waals surface area contributed by atoms with Crippen LogP contribution in [0.4, 0.5) is 0 Å². The van der Waals surface area contributed by atoms with E-state index in [1.54, 1.807) is 35.5 Å². The molecule has 0 amide bonds. The van der Waals surface area contributed by atoms with Crippen molar-refractivity contribution in [2.24, 2.45) is 0 Å². The fourth-order valence-electron chi connectivity index (χ4n) is 3.64. The molecule has 1 saturated heterocycles. The van der Waals surface area contributed by atoms with Gasteiger partial charge in [0.1, 0.15) is 5.75 Å². The SMILES string of the molecule is COC(=O)C1=CN(C[C@@H]2CCCO2)C=C(C(=O)OC)C1c1ccc(OC)c(Cl)c1. The van der Waals surface area contributed by atoms with Crippen LogP contribution in [-0.4, -0.2) is 57.4 Å². The molecule has 0 unspecified atom stereocenters. The number of carbonyl (C=O) groups is 2. The minimum atomic E-state index is -0.681. The highest BCUT2D eigenvalue weighted by atomic mass is 35.5. The largest absolute Gasteiger partial charge is 0.495 e. The van der Waals surface area contributed by atoms with Crippen LogP contribution in [0.5, 0.6) is 5.75 Å². The molecule has 8 heteroatoms. The zero-order chi connectivity index (χ0) is 21.0. The summed E-state index contributed by atoms with van der Waals surface area (Å²) in [6.45, 7) is 1.24. The Bertz CT molecular complexity index is 810. The summed E-state index contributed by atoms with van der Waals surface area (Å²) in [6, 6.07) is 5.13. The second-order valence-electron chi connectivity index (χ2n) is 6.81. The van der Waals surface area contributed by atoms with Crippen molar-refractivity contribution >= 4 is 23.5 Å². The number of rotatable bonds is 6. The van der Waals surface area contributed by atoms with Gasteiger partial charge in [0.2, 0.25) is 0 Å². The van der Waals surface area contributed by atoms with Gasteiger partial charge in [0.25, 0.3) is 0 Å². The van der Waals surface area contributed by atoms with E-state index >= 15 is 0 Å². The number of methoxy groups -OCH3 is 3. The summed E-state index contributed by atoms with van der Waals surface area (Å²) in [6.07, 6.45) is 5.35. The predicted molar refractivity (Wildman–Crippen MR) is 107 cm³/mol. The van der Waals surface area contributed by atoms with Crippen molar-refractivity contribution < 1.29 is 28.5 Å². The van der Waals surface area contributed by atoms with Crippen LogP contribution in [0.3, 0.4) is 0 Å². The minimum absolute atomic E-state index is 0.0345. The molecule has 0 bridgehead atoms. The third-order valence-corrected chi connectivity index (χ3v) is 5.32. The highest BCUT2D eigenvalue weighted by molar-refractivity contribution is 6.32. The van der Waals surface area contributed by atoms with Crippen molar-refractivity contribution in [3.8, 4) is 5.75 Å². The number of carbonyl (C=O) groups excluding carboxylic acids is 2. The predicted octanol–water partition coefficient (Wildman–Crippen LogP) is 3.04. The van der Waals surface area contributed by atoms with Crippen molar-refractivity contribution in [1.82, 2.24) is 4.90 Å². The summed E-state index contributed by atoms with van der Waals surface area (Å²) in [7, 11) is 4.13. The zero-order valence-electron chi connectivity index (χ0n) is 16.6. The summed E-state index contributed by atoms with van der Waals surface area (Å²) in [5.41, 5.74) is 1.28. The van der Waals surface area contributed by atoms with Gasteiger partial charge in [0.15, 0.2) is 0 Å². The van der Waals surface area contributed by atoms with Gasteiger partial charge in [-0.3, -0.25) is 0 Å². The molecule has 0 spiro atoms. The molecule has 1 atom stereocenters. The summed E-state index contributed by atoms with van der Waals surface area (Å²) < 4.78 is 20.9.